The minimum absolute atomic E-state index is 0.0844. The summed E-state index contributed by atoms with van der Waals surface area (Å²) in [7, 11) is 0. The molecule has 0 saturated carbocycles. The Balaban J connectivity index is 1.62. The number of benzene rings is 2. The zero-order chi connectivity index (χ0) is 22.7. The normalized spacial score (nSPS) is 12.0. The third kappa shape index (κ3) is 5.00. The van der Waals surface area contributed by atoms with Crippen molar-refractivity contribution in [2.75, 3.05) is 5.32 Å². The molecule has 1 unspecified atom stereocenters. The predicted molar refractivity (Wildman–Crippen MR) is 122 cm³/mol. The van der Waals surface area contributed by atoms with Crippen LogP contribution in [0.4, 0.5) is 10.1 Å². The Bertz CT molecular complexity index is 1250. The van der Waals surface area contributed by atoms with E-state index in [4.69, 9.17) is 0 Å². The van der Waals surface area contributed by atoms with Crippen molar-refractivity contribution in [1.29, 1.82) is 0 Å². The molecule has 9 heteroatoms. The van der Waals surface area contributed by atoms with Crippen molar-refractivity contribution in [2.24, 2.45) is 0 Å². The van der Waals surface area contributed by atoms with E-state index in [9.17, 15) is 14.0 Å². The van der Waals surface area contributed by atoms with Crippen molar-refractivity contribution in [3.05, 3.63) is 76.3 Å². The summed E-state index contributed by atoms with van der Waals surface area (Å²) >= 11 is 1.55. The fraction of sp³-hybridized carbons (Fsp3) is 0.217. The van der Waals surface area contributed by atoms with Gasteiger partial charge in [-0.05, 0) is 36.8 Å². The zero-order valence-corrected chi connectivity index (χ0v) is 18.4. The summed E-state index contributed by atoms with van der Waals surface area (Å²) in [5, 5.41) is 5.80. The third-order valence-electron chi connectivity index (χ3n) is 4.92. The van der Waals surface area contributed by atoms with Gasteiger partial charge in [-0.15, -0.1) is 11.3 Å². The molecule has 4 rings (SSSR count). The second-order valence-corrected chi connectivity index (χ2v) is 8.59. The second kappa shape index (κ2) is 9.27. The van der Waals surface area contributed by atoms with Crippen LogP contribution in [-0.2, 0) is 17.8 Å². The number of amides is 2. The SMILES string of the molecule is CC(=O)Nc1cc(C(=O)NC(C)Cc2cncs2)cc2ncn(Cc3ccc(F)cc3)c12. The van der Waals surface area contributed by atoms with Crippen molar-refractivity contribution >= 4 is 39.9 Å². The highest BCUT2D eigenvalue weighted by atomic mass is 32.1. The number of carbonyl (C=O) groups excluding carboxylic acids is 2. The van der Waals surface area contributed by atoms with E-state index in [1.54, 1.807) is 53.6 Å². The van der Waals surface area contributed by atoms with E-state index in [1.165, 1.54) is 19.1 Å². The first kappa shape index (κ1) is 21.6. The Labute approximate surface area is 188 Å². The van der Waals surface area contributed by atoms with Crippen LogP contribution >= 0.6 is 11.3 Å². The fourth-order valence-electron chi connectivity index (χ4n) is 3.53. The molecule has 32 heavy (non-hydrogen) atoms. The molecule has 7 nitrogen and oxygen atoms in total. The van der Waals surface area contributed by atoms with Crippen molar-refractivity contribution in [3.63, 3.8) is 0 Å². The maximum Gasteiger partial charge on any atom is 0.251 e. The van der Waals surface area contributed by atoms with Gasteiger partial charge in [-0.2, -0.15) is 0 Å². The average Bonchev–Trinajstić information content (AvgIpc) is 3.39. The predicted octanol–water partition coefficient (Wildman–Crippen LogP) is 4.00. The molecule has 0 saturated heterocycles. The number of nitrogens with zero attached hydrogens (tertiary/aromatic N) is 3. The number of thiazole rings is 1. The lowest BCUT2D eigenvalue weighted by Crippen LogP contribution is -2.34. The van der Waals surface area contributed by atoms with Crippen LogP contribution in [0, 0.1) is 5.82 Å². The summed E-state index contributed by atoms with van der Waals surface area (Å²) < 4.78 is 15.1. The Hall–Kier alpha value is -3.59. The van der Waals surface area contributed by atoms with Gasteiger partial charge in [0, 0.05) is 42.6 Å². The van der Waals surface area contributed by atoms with E-state index in [0.29, 0.717) is 35.2 Å². The maximum absolute atomic E-state index is 13.2. The molecule has 164 valence electrons. The van der Waals surface area contributed by atoms with E-state index >= 15 is 0 Å². The van der Waals surface area contributed by atoms with Crippen LogP contribution in [-0.4, -0.2) is 32.4 Å². The summed E-state index contributed by atoms with van der Waals surface area (Å²) in [6, 6.07) is 9.48. The number of hydrogen-bond acceptors (Lipinski definition) is 5. The largest absolute Gasteiger partial charge is 0.349 e. The number of imidazole rings is 1. The number of aromatic nitrogens is 3. The van der Waals surface area contributed by atoms with Gasteiger partial charge in [0.2, 0.25) is 5.91 Å². The van der Waals surface area contributed by atoms with Crippen LogP contribution in [0.15, 0.2) is 54.4 Å². The van der Waals surface area contributed by atoms with E-state index < -0.39 is 0 Å². The zero-order valence-electron chi connectivity index (χ0n) is 17.6. The van der Waals surface area contributed by atoms with Crippen LogP contribution < -0.4 is 10.6 Å². The molecule has 0 spiro atoms. The summed E-state index contributed by atoms with van der Waals surface area (Å²) in [5.74, 6) is -0.802. The Morgan fingerprint density at radius 2 is 2.00 bits per heavy atom. The number of fused-ring (bicyclic) bond motifs is 1. The molecule has 2 heterocycles. The van der Waals surface area contributed by atoms with E-state index in [0.717, 1.165) is 10.4 Å². The Morgan fingerprint density at radius 3 is 2.69 bits per heavy atom. The molecule has 0 radical (unpaired) electrons. The third-order valence-corrected chi connectivity index (χ3v) is 5.72. The number of hydrogen-bond donors (Lipinski definition) is 2. The topological polar surface area (TPSA) is 88.9 Å². The molecule has 4 aromatic rings. The highest BCUT2D eigenvalue weighted by Gasteiger charge is 2.17. The summed E-state index contributed by atoms with van der Waals surface area (Å²) in [6.45, 7) is 3.79. The van der Waals surface area contributed by atoms with Gasteiger partial charge in [0.25, 0.3) is 5.91 Å². The minimum Gasteiger partial charge on any atom is -0.349 e. The van der Waals surface area contributed by atoms with Gasteiger partial charge in [-0.1, -0.05) is 12.1 Å². The molecular weight excluding hydrogens is 429 g/mol. The maximum atomic E-state index is 13.2. The molecule has 0 bridgehead atoms. The lowest BCUT2D eigenvalue weighted by Gasteiger charge is -2.15. The van der Waals surface area contributed by atoms with Gasteiger partial charge < -0.3 is 15.2 Å². The van der Waals surface area contributed by atoms with Crippen molar-refractivity contribution < 1.29 is 14.0 Å². The van der Waals surface area contributed by atoms with Gasteiger partial charge in [-0.3, -0.25) is 14.6 Å². The molecule has 1 atom stereocenters. The highest BCUT2D eigenvalue weighted by Crippen LogP contribution is 2.26. The molecule has 0 fully saturated rings. The lowest BCUT2D eigenvalue weighted by atomic mass is 10.1. The molecule has 0 aliphatic carbocycles. The molecule has 2 aromatic carbocycles. The fourth-order valence-corrected chi connectivity index (χ4v) is 4.26. The number of anilines is 1. The number of rotatable bonds is 7. The van der Waals surface area contributed by atoms with Crippen LogP contribution in [0.25, 0.3) is 11.0 Å². The van der Waals surface area contributed by atoms with Crippen LogP contribution in [0.3, 0.4) is 0 Å². The Morgan fingerprint density at radius 1 is 1.22 bits per heavy atom. The number of halogens is 1. The van der Waals surface area contributed by atoms with Gasteiger partial charge in [0.15, 0.2) is 0 Å². The molecule has 2 N–H and O–H groups in total. The van der Waals surface area contributed by atoms with Crippen molar-refractivity contribution in [2.45, 2.75) is 32.9 Å². The second-order valence-electron chi connectivity index (χ2n) is 7.62. The first-order valence-corrected chi connectivity index (χ1v) is 11.0. The molecule has 2 aromatic heterocycles. The van der Waals surface area contributed by atoms with Gasteiger partial charge >= 0.3 is 0 Å². The van der Waals surface area contributed by atoms with Crippen molar-refractivity contribution in [1.82, 2.24) is 19.9 Å². The van der Waals surface area contributed by atoms with E-state index in [1.807, 2.05) is 11.5 Å². The van der Waals surface area contributed by atoms with Gasteiger partial charge in [0.1, 0.15) is 5.82 Å². The standard InChI is InChI=1S/C23H22FN5O2S/c1-14(7-19-10-25-13-32-19)27-23(31)17-8-20-22(21(9-17)28-15(2)30)29(12-26-20)11-16-3-5-18(24)6-4-16/h3-6,8-10,12-14H,7,11H2,1-2H3,(H,27,31)(H,28,30). The van der Waals surface area contributed by atoms with Crippen LogP contribution in [0.5, 0.6) is 0 Å². The van der Waals surface area contributed by atoms with Crippen molar-refractivity contribution in [3.8, 4) is 0 Å². The van der Waals surface area contributed by atoms with E-state index in [-0.39, 0.29) is 23.7 Å². The van der Waals surface area contributed by atoms with E-state index in [2.05, 4.69) is 20.6 Å². The Kier molecular flexibility index (Phi) is 6.27. The number of nitrogens with one attached hydrogen (secondary N) is 2. The number of carbonyl (C=O) groups is 2. The first-order chi connectivity index (χ1) is 15.4. The highest BCUT2D eigenvalue weighted by molar-refractivity contribution is 7.09. The summed E-state index contributed by atoms with van der Waals surface area (Å²) in [5.41, 5.74) is 4.83. The molecule has 0 aliphatic heterocycles. The first-order valence-electron chi connectivity index (χ1n) is 10.1. The summed E-state index contributed by atoms with van der Waals surface area (Å²) in [4.78, 5) is 34.3. The smallest absolute Gasteiger partial charge is 0.251 e. The molecule has 2 amide bonds. The van der Waals surface area contributed by atoms with Crippen LogP contribution in [0.1, 0.15) is 34.6 Å². The minimum atomic E-state index is -0.302. The molecule has 0 aliphatic rings. The monoisotopic (exact) mass is 451 g/mol. The lowest BCUT2D eigenvalue weighted by molar-refractivity contribution is -0.114. The summed E-state index contributed by atoms with van der Waals surface area (Å²) in [6.07, 6.45) is 4.12. The average molecular weight is 452 g/mol. The van der Waals surface area contributed by atoms with Crippen LogP contribution in [0.2, 0.25) is 0 Å². The van der Waals surface area contributed by atoms with Gasteiger partial charge in [-0.25, -0.2) is 9.37 Å². The quantitative estimate of drug-likeness (QED) is 0.445. The van der Waals surface area contributed by atoms with Gasteiger partial charge in [0.05, 0.1) is 28.6 Å². The molecular formula is C23H22FN5O2S.